The van der Waals surface area contributed by atoms with E-state index in [2.05, 4.69) is 21.0 Å². The molecule has 2 aromatic carbocycles. The normalized spacial score (nSPS) is 15.3. The van der Waals surface area contributed by atoms with Gasteiger partial charge in [-0.1, -0.05) is 11.6 Å². The van der Waals surface area contributed by atoms with Crippen LogP contribution in [0.1, 0.15) is 0 Å². The number of benzene rings is 2. The van der Waals surface area contributed by atoms with Crippen molar-refractivity contribution in [1.29, 1.82) is 0 Å². The molecule has 3 nitrogen and oxygen atoms in total. The van der Waals surface area contributed by atoms with E-state index in [0.29, 0.717) is 0 Å². The number of rotatable bonds is 2. The predicted octanol–water partition coefficient (Wildman–Crippen LogP) is 3.83. The van der Waals surface area contributed by atoms with Crippen molar-refractivity contribution in [3.05, 3.63) is 59.5 Å². The smallest absolute Gasteiger partial charge is 0.123 e. The summed E-state index contributed by atoms with van der Waals surface area (Å²) in [5, 5.41) is 5.23. The van der Waals surface area contributed by atoms with Crippen LogP contribution in [0.15, 0.2) is 48.7 Å². The molecule has 0 amide bonds. The summed E-state index contributed by atoms with van der Waals surface area (Å²) in [6.07, 6.45) is 2.12. The van der Waals surface area contributed by atoms with Crippen LogP contribution in [0.3, 0.4) is 0 Å². The summed E-state index contributed by atoms with van der Waals surface area (Å²) >= 11 is 6.22. The van der Waals surface area contributed by atoms with E-state index in [9.17, 15) is 4.39 Å². The molecular weight excluding hydrogens is 313 g/mol. The minimum absolute atomic E-state index is 0.226. The molecular formula is C18H17ClFN3. The molecule has 1 saturated heterocycles. The number of nitrogens with zero attached hydrogens (tertiary/aromatic N) is 2. The Morgan fingerprint density at radius 2 is 1.74 bits per heavy atom. The fourth-order valence-corrected chi connectivity index (χ4v) is 3.33. The molecule has 0 radical (unpaired) electrons. The van der Waals surface area contributed by atoms with Crippen molar-refractivity contribution in [3.8, 4) is 5.69 Å². The lowest BCUT2D eigenvalue weighted by Crippen LogP contribution is -2.43. The van der Waals surface area contributed by atoms with Crippen LogP contribution in [0.4, 0.5) is 10.1 Å². The van der Waals surface area contributed by atoms with Crippen LogP contribution >= 0.6 is 11.6 Å². The monoisotopic (exact) mass is 329 g/mol. The SMILES string of the molecule is Fc1ccc(-n2cc(N3CCNCC3)c3cc(Cl)ccc32)cc1. The van der Waals surface area contributed by atoms with Gasteiger partial charge in [-0.15, -0.1) is 0 Å². The predicted molar refractivity (Wildman–Crippen MR) is 93.3 cm³/mol. The molecule has 2 heterocycles. The number of anilines is 1. The summed E-state index contributed by atoms with van der Waals surface area (Å²) in [6, 6.07) is 12.5. The van der Waals surface area contributed by atoms with Crippen molar-refractivity contribution in [3.63, 3.8) is 0 Å². The van der Waals surface area contributed by atoms with Gasteiger partial charge in [0.25, 0.3) is 0 Å². The zero-order valence-corrected chi connectivity index (χ0v) is 13.4. The molecule has 1 N–H and O–H groups in total. The standard InChI is InChI=1S/C18H17ClFN3/c19-13-1-6-17-16(11-13)18(22-9-7-21-8-10-22)12-23(17)15-4-2-14(20)3-5-15/h1-6,11-12,21H,7-10H2. The fourth-order valence-electron chi connectivity index (χ4n) is 3.16. The van der Waals surface area contributed by atoms with Crippen molar-refractivity contribution < 1.29 is 4.39 Å². The summed E-state index contributed by atoms with van der Waals surface area (Å²) in [7, 11) is 0. The van der Waals surface area contributed by atoms with Crippen LogP contribution in [0.5, 0.6) is 0 Å². The third-order valence-electron chi connectivity index (χ3n) is 4.31. The van der Waals surface area contributed by atoms with Crippen LogP contribution in [0.25, 0.3) is 16.6 Å². The van der Waals surface area contributed by atoms with Gasteiger partial charge in [-0.05, 0) is 42.5 Å². The first-order valence-corrected chi connectivity index (χ1v) is 8.12. The quantitative estimate of drug-likeness (QED) is 0.771. The third kappa shape index (κ3) is 2.69. The summed E-state index contributed by atoms with van der Waals surface area (Å²) in [6.45, 7) is 3.89. The number of aromatic nitrogens is 1. The zero-order valence-electron chi connectivity index (χ0n) is 12.6. The third-order valence-corrected chi connectivity index (χ3v) is 4.54. The average Bonchev–Trinajstić information content (AvgIpc) is 2.95. The van der Waals surface area contributed by atoms with Gasteiger partial charge >= 0.3 is 0 Å². The molecule has 1 aliphatic rings. The maximum Gasteiger partial charge on any atom is 0.123 e. The Hall–Kier alpha value is -2.04. The lowest BCUT2D eigenvalue weighted by atomic mass is 10.2. The highest BCUT2D eigenvalue weighted by Gasteiger charge is 2.17. The second-order valence-electron chi connectivity index (χ2n) is 5.76. The van der Waals surface area contributed by atoms with Gasteiger partial charge in [-0.25, -0.2) is 4.39 Å². The van der Waals surface area contributed by atoms with Crippen LogP contribution in [-0.2, 0) is 0 Å². The first-order chi connectivity index (χ1) is 11.2. The Morgan fingerprint density at radius 1 is 1.00 bits per heavy atom. The Balaban J connectivity index is 1.89. The van der Waals surface area contributed by atoms with Crippen molar-refractivity contribution >= 4 is 28.2 Å². The number of fused-ring (bicyclic) bond motifs is 1. The van der Waals surface area contributed by atoms with Gasteiger partial charge in [-0.2, -0.15) is 0 Å². The lowest BCUT2D eigenvalue weighted by molar-refractivity contribution is 0.590. The van der Waals surface area contributed by atoms with E-state index in [4.69, 9.17) is 11.6 Å². The van der Waals surface area contributed by atoms with E-state index in [0.717, 1.165) is 47.8 Å². The second kappa shape index (κ2) is 5.87. The number of hydrogen-bond acceptors (Lipinski definition) is 2. The summed E-state index contributed by atoms with van der Waals surface area (Å²) in [5.74, 6) is -0.226. The molecule has 0 atom stereocenters. The van der Waals surface area contributed by atoms with Gasteiger partial charge in [0.2, 0.25) is 0 Å². The maximum absolute atomic E-state index is 13.2. The molecule has 1 aliphatic heterocycles. The Kier molecular flexibility index (Phi) is 3.71. The van der Waals surface area contributed by atoms with E-state index < -0.39 is 0 Å². The highest BCUT2D eigenvalue weighted by Crippen LogP contribution is 2.33. The molecule has 4 rings (SSSR count). The van der Waals surface area contributed by atoms with Crippen LogP contribution < -0.4 is 10.2 Å². The number of halogens is 2. The summed E-state index contributed by atoms with van der Waals surface area (Å²) < 4.78 is 15.3. The molecule has 1 aromatic heterocycles. The van der Waals surface area contributed by atoms with Gasteiger partial charge in [0.05, 0.1) is 11.2 Å². The van der Waals surface area contributed by atoms with Crippen LogP contribution in [0, 0.1) is 5.82 Å². The van der Waals surface area contributed by atoms with E-state index >= 15 is 0 Å². The summed E-state index contributed by atoms with van der Waals surface area (Å²) in [4.78, 5) is 2.37. The molecule has 118 valence electrons. The molecule has 23 heavy (non-hydrogen) atoms. The molecule has 5 heteroatoms. The van der Waals surface area contributed by atoms with Crippen molar-refractivity contribution in [1.82, 2.24) is 9.88 Å². The Morgan fingerprint density at radius 3 is 2.48 bits per heavy atom. The van der Waals surface area contributed by atoms with Crippen molar-refractivity contribution in [2.75, 3.05) is 31.1 Å². The molecule has 1 fully saturated rings. The average molecular weight is 330 g/mol. The highest BCUT2D eigenvalue weighted by molar-refractivity contribution is 6.31. The number of piperazine rings is 1. The maximum atomic E-state index is 13.2. The van der Waals surface area contributed by atoms with Crippen molar-refractivity contribution in [2.45, 2.75) is 0 Å². The topological polar surface area (TPSA) is 20.2 Å². The summed E-state index contributed by atoms with van der Waals surface area (Å²) in [5.41, 5.74) is 3.20. The van der Waals surface area contributed by atoms with E-state index in [1.165, 1.54) is 17.8 Å². The van der Waals surface area contributed by atoms with E-state index in [1.807, 2.05) is 18.2 Å². The van der Waals surface area contributed by atoms with Gasteiger partial charge in [-0.3, -0.25) is 0 Å². The molecule has 0 saturated carbocycles. The lowest BCUT2D eigenvalue weighted by Gasteiger charge is -2.28. The van der Waals surface area contributed by atoms with Gasteiger partial charge in [0.15, 0.2) is 0 Å². The van der Waals surface area contributed by atoms with Gasteiger partial charge in [0, 0.05) is 48.5 Å². The first kappa shape index (κ1) is 14.5. The minimum atomic E-state index is -0.226. The van der Waals surface area contributed by atoms with E-state index in [-0.39, 0.29) is 5.82 Å². The molecule has 0 spiro atoms. The first-order valence-electron chi connectivity index (χ1n) is 7.74. The number of hydrogen-bond donors (Lipinski definition) is 1. The highest BCUT2D eigenvalue weighted by atomic mass is 35.5. The molecule has 0 bridgehead atoms. The van der Waals surface area contributed by atoms with Gasteiger partial charge < -0.3 is 14.8 Å². The van der Waals surface area contributed by atoms with Crippen molar-refractivity contribution in [2.24, 2.45) is 0 Å². The van der Waals surface area contributed by atoms with E-state index in [1.54, 1.807) is 12.1 Å². The zero-order chi connectivity index (χ0) is 15.8. The van der Waals surface area contributed by atoms with Crippen LogP contribution in [-0.4, -0.2) is 30.7 Å². The second-order valence-corrected chi connectivity index (χ2v) is 6.20. The minimum Gasteiger partial charge on any atom is -0.367 e. The fraction of sp³-hybridized carbons (Fsp3) is 0.222. The Labute approximate surface area is 139 Å². The van der Waals surface area contributed by atoms with Crippen LogP contribution in [0.2, 0.25) is 5.02 Å². The van der Waals surface area contributed by atoms with Gasteiger partial charge in [0.1, 0.15) is 5.82 Å². The molecule has 3 aromatic rings. The molecule has 0 aliphatic carbocycles. The largest absolute Gasteiger partial charge is 0.367 e. The Bertz CT molecular complexity index is 835. The number of nitrogens with one attached hydrogen (secondary N) is 1. The molecule has 0 unspecified atom stereocenters.